The molecule has 0 fully saturated rings. The molecule has 0 bridgehead atoms. The number of rotatable bonds is 1. The summed E-state index contributed by atoms with van der Waals surface area (Å²) in [7, 11) is -0.764. The maximum Gasteiger partial charge on any atom is 0.227 e. The zero-order valence-electron chi connectivity index (χ0n) is 5.76. The van der Waals surface area contributed by atoms with Crippen LogP contribution in [0.25, 0.3) is 0 Å². The first-order chi connectivity index (χ1) is 4.19. The highest BCUT2D eigenvalue weighted by Gasteiger charge is 2.27. The highest BCUT2D eigenvalue weighted by molar-refractivity contribution is 7.63. The third-order valence-electron chi connectivity index (χ3n) is 1.70. The van der Waals surface area contributed by atoms with Gasteiger partial charge in [-0.1, -0.05) is 6.08 Å². The molecule has 1 aliphatic heterocycles. The van der Waals surface area contributed by atoms with Gasteiger partial charge in [0.2, 0.25) is 7.37 Å². The fourth-order valence-corrected chi connectivity index (χ4v) is 2.69. The topological polar surface area (TPSA) is 26.3 Å². The van der Waals surface area contributed by atoms with Gasteiger partial charge in [-0.15, -0.1) is 0 Å². The second-order valence-corrected chi connectivity index (χ2v) is 5.08. The average Bonchev–Trinajstić information content (AvgIpc) is 2.15. The normalized spacial score (nSPS) is 34.7. The molecule has 0 N–H and O–H groups in total. The third kappa shape index (κ3) is 1.10. The monoisotopic (exact) mass is 146 g/mol. The van der Waals surface area contributed by atoms with Gasteiger partial charge in [0, 0.05) is 18.6 Å². The molecule has 9 heavy (non-hydrogen) atoms. The average molecular weight is 146 g/mol. The summed E-state index contributed by atoms with van der Waals surface area (Å²) in [6, 6.07) is 0. The molecule has 0 amide bonds. The van der Waals surface area contributed by atoms with Crippen LogP contribution < -0.4 is 0 Å². The molecule has 0 aromatic carbocycles. The molecule has 0 radical (unpaired) electrons. The quantitative estimate of drug-likeness (QED) is 0.530. The molecular formula is C6H11O2P. The minimum absolute atomic E-state index is 0.704. The molecule has 0 saturated carbocycles. The molecule has 0 saturated heterocycles. The molecule has 0 aromatic heterocycles. The lowest BCUT2D eigenvalue weighted by atomic mass is 10.4. The van der Waals surface area contributed by atoms with Crippen LogP contribution >= 0.6 is 7.37 Å². The van der Waals surface area contributed by atoms with E-state index >= 15 is 0 Å². The van der Waals surface area contributed by atoms with E-state index in [1.807, 2.05) is 13.0 Å². The standard InChI is InChI=1S/C6H11O2P/c1-6-4-3-5-9(6,7)8-2/h4H,3,5H2,1-2H3. The predicted molar refractivity (Wildman–Crippen MR) is 37.9 cm³/mol. The van der Waals surface area contributed by atoms with Crippen LogP contribution in [0, 0.1) is 0 Å². The van der Waals surface area contributed by atoms with Gasteiger partial charge in [0.1, 0.15) is 0 Å². The lowest BCUT2D eigenvalue weighted by Gasteiger charge is -2.08. The predicted octanol–water partition coefficient (Wildman–Crippen LogP) is 2.22. The van der Waals surface area contributed by atoms with Gasteiger partial charge in [-0.2, -0.15) is 0 Å². The van der Waals surface area contributed by atoms with Crippen LogP contribution in [-0.4, -0.2) is 13.3 Å². The zero-order chi connectivity index (χ0) is 6.91. The maximum absolute atomic E-state index is 11.4. The Hall–Kier alpha value is -0.0700. The van der Waals surface area contributed by atoms with Crippen molar-refractivity contribution in [1.82, 2.24) is 0 Å². The Kier molecular flexibility index (Phi) is 1.78. The van der Waals surface area contributed by atoms with Crippen molar-refractivity contribution in [2.24, 2.45) is 0 Å². The van der Waals surface area contributed by atoms with Crippen molar-refractivity contribution in [3.05, 3.63) is 11.4 Å². The second-order valence-electron chi connectivity index (χ2n) is 2.21. The largest absolute Gasteiger partial charge is 0.329 e. The van der Waals surface area contributed by atoms with E-state index in [0.717, 1.165) is 11.7 Å². The molecule has 2 nitrogen and oxygen atoms in total. The van der Waals surface area contributed by atoms with Gasteiger partial charge in [-0.05, 0) is 13.3 Å². The van der Waals surface area contributed by atoms with Gasteiger partial charge in [0.05, 0.1) is 0 Å². The molecule has 0 aliphatic carbocycles. The van der Waals surface area contributed by atoms with Crippen molar-refractivity contribution < 1.29 is 9.09 Å². The van der Waals surface area contributed by atoms with Crippen molar-refractivity contribution in [3.63, 3.8) is 0 Å². The van der Waals surface area contributed by atoms with Gasteiger partial charge in [-0.25, -0.2) is 0 Å². The summed E-state index contributed by atoms with van der Waals surface area (Å²) in [6.45, 7) is 1.87. The molecule has 1 unspecified atom stereocenters. The molecule has 1 atom stereocenters. The lowest BCUT2D eigenvalue weighted by Crippen LogP contribution is -1.84. The van der Waals surface area contributed by atoms with Gasteiger partial charge < -0.3 is 4.52 Å². The van der Waals surface area contributed by atoms with E-state index in [9.17, 15) is 4.57 Å². The minimum atomic E-state index is -2.28. The summed E-state index contributed by atoms with van der Waals surface area (Å²) in [6.07, 6.45) is 3.61. The summed E-state index contributed by atoms with van der Waals surface area (Å²) in [4.78, 5) is 0. The van der Waals surface area contributed by atoms with E-state index in [-0.39, 0.29) is 0 Å². The Morgan fingerprint density at radius 1 is 1.78 bits per heavy atom. The van der Waals surface area contributed by atoms with Crippen molar-refractivity contribution in [2.75, 3.05) is 13.3 Å². The first kappa shape index (κ1) is 7.04. The summed E-state index contributed by atoms with van der Waals surface area (Å²) < 4.78 is 16.3. The second kappa shape index (κ2) is 2.28. The van der Waals surface area contributed by atoms with Gasteiger partial charge in [-0.3, -0.25) is 4.57 Å². The van der Waals surface area contributed by atoms with E-state index < -0.39 is 7.37 Å². The SMILES string of the molecule is COP1(=O)CCC=C1C. The van der Waals surface area contributed by atoms with Crippen LogP contribution in [0.3, 0.4) is 0 Å². The Balaban J connectivity index is 2.84. The first-order valence-corrected chi connectivity index (χ1v) is 4.82. The third-order valence-corrected chi connectivity index (χ3v) is 4.39. The van der Waals surface area contributed by atoms with Gasteiger partial charge >= 0.3 is 0 Å². The number of hydrogen-bond acceptors (Lipinski definition) is 2. The molecule has 0 spiro atoms. The van der Waals surface area contributed by atoms with E-state index in [1.54, 1.807) is 0 Å². The smallest absolute Gasteiger partial charge is 0.227 e. The Morgan fingerprint density at radius 2 is 2.44 bits per heavy atom. The minimum Gasteiger partial charge on any atom is -0.329 e. The van der Waals surface area contributed by atoms with E-state index in [0.29, 0.717) is 6.16 Å². The highest BCUT2D eigenvalue weighted by atomic mass is 31.2. The molecule has 0 aromatic rings. The van der Waals surface area contributed by atoms with Gasteiger partial charge in [0.15, 0.2) is 0 Å². The van der Waals surface area contributed by atoms with Crippen LogP contribution in [0.1, 0.15) is 13.3 Å². The molecule has 1 aliphatic rings. The zero-order valence-corrected chi connectivity index (χ0v) is 6.65. The van der Waals surface area contributed by atoms with Crippen LogP contribution in [0.5, 0.6) is 0 Å². The van der Waals surface area contributed by atoms with E-state index in [4.69, 9.17) is 4.52 Å². The maximum atomic E-state index is 11.4. The fourth-order valence-electron chi connectivity index (χ4n) is 0.994. The van der Waals surface area contributed by atoms with Crippen LogP contribution in [0.2, 0.25) is 0 Å². The molecule has 1 rings (SSSR count). The Labute approximate surface area is 55.4 Å². The Morgan fingerprint density at radius 3 is 2.67 bits per heavy atom. The van der Waals surface area contributed by atoms with Crippen molar-refractivity contribution in [1.29, 1.82) is 0 Å². The van der Waals surface area contributed by atoms with Crippen LogP contribution in [0.15, 0.2) is 11.4 Å². The molecule has 52 valence electrons. The van der Waals surface area contributed by atoms with Crippen molar-refractivity contribution in [3.8, 4) is 0 Å². The Bertz CT molecular complexity index is 183. The first-order valence-electron chi connectivity index (χ1n) is 3.01. The lowest BCUT2D eigenvalue weighted by molar-refractivity contribution is 0.401. The highest BCUT2D eigenvalue weighted by Crippen LogP contribution is 2.58. The summed E-state index contributed by atoms with van der Waals surface area (Å²) >= 11 is 0. The van der Waals surface area contributed by atoms with Crippen molar-refractivity contribution >= 4 is 7.37 Å². The fraction of sp³-hybridized carbons (Fsp3) is 0.667. The van der Waals surface area contributed by atoms with E-state index in [2.05, 4.69) is 0 Å². The number of allylic oxidation sites excluding steroid dienone is 2. The molecular weight excluding hydrogens is 135 g/mol. The van der Waals surface area contributed by atoms with Crippen LogP contribution in [0.4, 0.5) is 0 Å². The molecule has 1 heterocycles. The summed E-state index contributed by atoms with van der Waals surface area (Å²) in [5, 5.41) is 0.935. The summed E-state index contributed by atoms with van der Waals surface area (Å²) in [5.41, 5.74) is 0. The summed E-state index contributed by atoms with van der Waals surface area (Å²) in [5.74, 6) is 0. The molecule has 3 heteroatoms. The van der Waals surface area contributed by atoms with E-state index in [1.165, 1.54) is 7.11 Å². The van der Waals surface area contributed by atoms with Crippen molar-refractivity contribution in [2.45, 2.75) is 13.3 Å². The number of hydrogen-bond donors (Lipinski definition) is 0. The van der Waals surface area contributed by atoms with Crippen LogP contribution in [-0.2, 0) is 9.09 Å². The van der Waals surface area contributed by atoms with Gasteiger partial charge in [0.25, 0.3) is 0 Å².